The summed E-state index contributed by atoms with van der Waals surface area (Å²) in [4.78, 5) is 7.13. The van der Waals surface area contributed by atoms with Crippen LogP contribution in [0.2, 0.25) is 0 Å². The summed E-state index contributed by atoms with van der Waals surface area (Å²) in [5.74, 6) is 0.898. The first-order valence-electron chi connectivity index (χ1n) is 7.57. The molecule has 2 heterocycles. The Morgan fingerprint density at radius 2 is 2.25 bits per heavy atom. The zero-order chi connectivity index (χ0) is 14.5. The molecule has 1 aromatic heterocycles. The highest BCUT2D eigenvalue weighted by atomic mass is 16.5. The number of hydrogen-bond acceptors (Lipinski definition) is 4. The van der Waals surface area contributed by atoms with Gasteiger partial charge in [-0.1, -0.05) is 0 Å². The summed E-state index contributed by atoms with van der Waals surface area (Å²) in [6, 6.07) is 5.17. The van der Waals surface area contributed by atoms with Gasteiger partial charge in [-0.05, 0) is 40.2 Å². The molecule has 1 aliphatic rings. The van der Waals surface area contributed by atoms with Gasteiger partial charge in [-0.2, -0.15) is 0 Å². The minimum absolute atomic E-state index is 0.519. The second-order valence-corrected chi connectivity index (χ2v) is 5.96. The van der Waals surface area contributed by atoms with Gasteiger partial charge >= 0.3 is 0 Å². The van der Waals surface area contributed by atoms with Crippen LogP contribution in [-0.2, 0) is 6.54 Å². The fraction of sp³-hybridized carbons (Fsp3) is 0.688. The molecule has 1 unspecified atom stereocenters. The molecule has 1 atom stereocenters. The zero-order valence-electron chi connectivity index (χ0n) is 13.1. The number of nitrogens with one attached hydrogen (secondary N) is 1. The first-order valence-corrected chi connectivity index (χ1v) is 7.57. The van der Waals surface area contributed by atoms with Gasteiger partial charge in [-0.25, -0.2) is 0 Å². The topological polar surface area (TPSA) is 37.4 Å². The summed E-state index contributed by atoms with van der Waals surface area (Å²) in [5.41, 5.74) is 2.11. The highest BCUT2D eigenvalue weighted by Gasteiger charge is 2.20. The Balaban J connectivity index is 2.04. The Kier molecular flexibility index (Phi) is 5.38. The molecule has 0 radical (unpaired) electrons. The molecule has 0 aliphatic carbocycles. The van der Waals surface area contributed by atoms with Gasteiger partial charge in [0.15, 0.2) is 0 Å². The van der Waals surface area contributed by atoms with Gasteiger partial charge in [0.2, 0.25) is 0 Å². The maximum atomic E-state index is 5.34. The molecule has 1 aromatic rings. The number of ether oxygens (including phenoxy) is 1. The highest BCUT2D eigenvalue weighted by Crippen LogP contribution is 2.17. The molecule has 1 fully saturated rings. The molecule has 0 aromatic carbocycles. The third-order valence-corrected chi connectivity index (χ3v) is 3.93. The number of pyridine rings is 1. The summed E-state index contributed by atoms with van der Waals surface area (Å²) in [6.07, 6.45) is 2.58. The Bertz CT molecular complexity index is 428. The number of methoxy groups -OCH3 is 1. The van der Waals surface area contributed by atoms with Crippen molar-refractivity contribution in [3.8, 4) is 5.75 Å². The molecule has 4 nitrogen and oxygen atoms in total. The van der Waals surface area contributed by atoms with Gasteiger partial charge in [0.1, 0.15) is 5.75 Å². The van der Waals surface area contributed by atoms with Crippen molar-refractivity contribution in [2.75, 3.05) is 20.2 Å². The smallest absolute Gasteiger partial charge is 0.122 e. The minimum atomic E-state index is 0.519. The lowest BCUT2D eigenvalue weighted by Gasteiger charge is -2.29. The van der Waals surface area contributed by atoms with Crippen LogP contribution < -0.4 is 10.1 Å². The van der Waals surface area contributed by atoms with Crippen molar-refractivity contribution in [1.82, 2.24) is 15.2 Å². The van der Waals surface area contributed by atoms with Crippen LogP contribution in [0.5, 0.6) is 5.75 Å². The first-order chi connectivity index (χ1) is 9.58. The minimum Gasteiger partial charge on any atom is -0.497 e. The molecule has 1 N–H and O–H groups in total. The maximum Gasteiger partial charge on any atom is 0.122 e. The van der Waals surface area contributed by atoms with Crippen LogP contribution in [0.25, 0.3) is 0 Å². The van der Waals surface area contributed by atoms with E-state index in [2.05, 4.69) is 29.0 Å². The molecular weight excluding hydrogens is 250 g/mol. The predicted octanol–water partition coefficient (Wildman–Crippen LogP) is 2.36. The maximum absolute atomic E-state index is 5.34. The number of rotatable bonds is 6. The van der Waals surface area contributed by atoms with E-state index in [0.29, 0.717) is 12.1 Å². The Morgan fingerprint density at radius 3 is 2.85 bits per heavy atom. The standard InChI is InChI=1S/C16H27N3O/c1-12(2)19(10-14-6-5-7-17-14)11-15-9-16(20-4)8-13(3)18-15/h8-9,12,14,17H,5-7,10-11H2,1-4H3. The van der Waals surface area contributed by atoms with Gasteiger partial charge in [0, 0.05) is 43.0 Å². The monoisotopic (exact) mass is 277 g/mol. The largest absolute Gasteiger partial charge is 0.497 e. The fourth-order valence-electron chi connectivity index (χ4n) is 2.76. The van der Waals surface area contributed by atoms with Crippen molar-refractivity contribution < 1.29 is 4.74 Å². The molecule has 0 amide bonds. The average Bonchev–Trinajstić information content (AvgIpc) is 2.90. The quantitative estimate of drug-likeness (QED) is 0.866. The van der Waals surface area contributed by atoms with E-state index >= 15 is 0 Å². The van der Waals surface area contributed by atoms with Gasteiger partial charge in [0.05, 0.1) is 12.8 Å². The second kappa shape index (κ2) is 7.04. The van der Waals surface area contributed by atoms with Crippen molar-refractivity contribution in [3.05, 3.63) is 23.5 Å². The molecule has 2 rings (SSSR count). The van der Waals surface area contributed by atoms with Crippen LogP contribution in [-0.4, -0.2) is 42.2 Å². The number of hydrogen-bond donors (Lipinski definition) is 1. The van der Waals surface area contributed by atoms with E-state index in [4.69, 9.17) is 4.74 Å². The molecule has 1 saturated heterocycles. The van der Waals surface area contributed by atoms with Gasteiger partial charge in [-0.3, -0.25) is 9.88 Å². The van der Waals surface area contributed by atoms with Crippen molar-refractivity contribution in [2.45, 2.75) is 52.2 Å². The summed E-state index contributed by atoms with van der Waals surface area (Å²) >= 11 is 0. The molecule has 0 saturated carbocycles. The average molecular weight is 277 g/mol. The van der Waals surface area contributed by atoms with Crippen molar-refractivity contribution >= 4 is 0 Å². The summed E-state index contributed by atoms with van der Waals surface area (Å²) in [7, 11) is 1.71. The van der Waals surface area contributed by atoms with Crippen LogP contribution in [0, 0.1) is 6.92 Å². The van der Waals surface area contributed by atoms with E-state index in [0.717, 1.165) is 36.8 Å². The summed E-state index contributed by atoms with van der Waals surface area (Å²) in [5, 5.41) is 3.57. The molecule has 4 heteroatoms. The molecule has 20 heavy (non-hydrogen) atoms. The molecule has 112 valence electrons. The van der Waals surface area contributed by atoms with E-state index in [1.165, 1.54) is 12.8 Å². The number of nitrogens with zero attached hydrogens (tertiary/aromatic N) is 2. The van der Waals surface area contributed by atoms with E-state index in [1.807, 2.05) is 19.1 Å². The molecular formula is C16H27N3O. The predicted molar refractivity (Wildman–Crippen MR) is 82.1 cm³/mol. The third kappa shape index (κ3) is 4.18. The van der Waals surface area contributed by atoms with E-state index in [-0.39, 0.29) is 0 Å². The summed E-state index contributed by atoms with van der Waals surface area (Å²) < 4.78 is 5.34. The lowest BCUT2D eigenvalue weighted by molar-refractivity contribution is 0.191. The molecule has 1 aliphatic heterocycles. The van der Waals surface area contributed by atoms with Crippen LogP contribution >= 0.6 is 0 Å². The van der Waals surface area contributed by atoms with Gasteiger partial charge < -0.3 is 10.1 Å². The van der Waals surface area contributed by atoms with Crippen molar-refractivity contribution in [1.29, 1.82) is 0 Å². The van der Waals surface area contributed by atoms with Gasteiger partial charge in [-0.15, -0.1) is 0 Å². The first kappa shape index (κ1) is 15.3. The van der Waals surface area contributed by atoms with Gasteiger partial charge in [0.25, 0.3) is 0 Å². The summed E-state index contributed by atoms with van der Waals surface area (Å²) in [6.45, 7) is 9.66. The Hall–Kier alpha value is -1.13. The SMILES string of the molecule is COc1cc(C)nc(CN(CC2CCCN2)C(C)C)c1. The van der Waals surface area contributed by atoms with E-state index < -0.39 is 0 Å². The van der Waals surface area contributed by atoms with Crippen LogP contribution in [0.4, 0.5) is 0 Å². The Labute approximate surface area is 122 Å². The van der Waals surface area contributed by atoms with Crippen LogP contribution in [0.15, 0.2) is 12.1 Å². The number of aromatic nitrogens is 1. The van der Waals surface area contributed by atoms with Crippen molar-refractivity contribution in [3.63, 3.8) is 0 Å². The highest BCUT2D eigenvalue weighted by molar-refractivity contribution is 5.26. The fourth-order valence-corrected chi connectivity index (χ4v) is 2.76. The zero-order valence-corrected chi connectivity index (χ0v) is 13.1. The van der Waals surface area contributed by atoms with Crippen LogP contribution in [0.3, 0.4) is 0 Å². The lowest BCUT2D eigenvalue weighted by atomic mass is 10.1. The van der Waals surface area contributed by atoms with E-state index in [9.17, 15) is 0 Å². The second-order valence-electron chi connectivity index (χ2n) is 5.96. The van der Waals surface area contributed by atoms with E-state index in [1.54, 1.807) is 7.11 Å². The molecule has 0 spiro atoms. The normalized spacial score (nSPS) is 19.0. The number of aryl methyl sites for hydroxylation is 1. The third-order valence-electron chi connectivity index (χ3n) is 3.93. The lowest BCUT2D eigenvalue weighted by Crippen LogP contribution is -2.40. The van der Waals surface area contributed by atoms with Crippen molar-refractivity contribution in [2.24, 2.45) is 0 Å². The molecule has 0 bridgehead atoms. The van der Waals surface area contributed by atoms with Crippen LogP contribution in [0.1, 0.15) is 38.1 Å². The Morgan fingerprint density at radius 1 is 1.45 bits per heavy atom.